The Morgan fingerprint density at radius 2 is 1.95 bits per heavy atom. The molecule has 1 aliphatic carbocycles. The number of rotatable bonds is 5. The fourth-order valence-corrected chi connectivity index (χ4v) is 3.05. The molecule has 5 heteroatoms. The summed E-state index contributed by atoms with van der Waals surface area (Å²) < 4.78 is 14.2. The molecule has 1 saturated carbocycles. The molecule has 1 aliphatic rings. The Morgan fingerprint density at radius 3 is 2.57 bits per heavy atom. The van der Waals surface area contributed by atoms with Gasteiger partial charge in [-0.2, -0.15) is 0 Å². The van der Waals surface area contributed by atoms with Crippen molar-refractivity contribution >= 4 is 28.4 Å². The molecule has 21 heavy (non-hydrogen) atoms. The maximum atomic E-state index is 13.1. The Bertz CT molecular complexity index is 639. The molecular formula is C16H17FIN3. The second-order valence-corrected chi connectivity index (χ2v) is 6.38. The molecule has 0 aliphatic heterocycles. The molecule has 1 aromatic heterocycles. The van der Waals surface area contributed by atoms with E-state index in [1.807, 2.05) is 0 Å². The summed E-state index contributed by atoms with van der Waals surface area (Å²) in [4.78, 5) is 9.35. The summed E-state index contributed by atoms with van der Waals surface area (Å²) in [7, 11) is 0. The standard InChI is InChI=1S/C16H17FIN3/c1-2-9-19-16-13(18)14(10-3-4-10)20-15(21-16)11-5-7-12(17)8-6-11/h5-8,10H,2-4,9H2,1H3,(H,19,20,21). The normalized spacial score (nSPS) is 14.2. The van der Waals surface area contributed by atoms with Crippen LogP contribution in [0.3, 0.4) is 0 Å². The number of halogens is 2. The van der Waals surface area contributed by atoms with E-state index in [2.05, 4.69) is 39.8 Å². The van der Waals surface area contributed by atoms with Gasteiger partial charge in [0.2, 0.25) is 0 Å². The van der Waals surface area contributed by atoms with Crippen LogP contribution < -0.4 is 5.32 Å². The van der Waals surface area contributed by atoms with Crippen molar-refractivity contribution in [2.45, 2.75) is 32.1 Å². The molecule has 0 unspecified atom stereocenters. The van der Waals surface area contributed by atoms with E-state index in [9.17, 15) is 4.39 Å². The van der Waals surface area contributed by atoms with Crippen LogP contribution in [0.5, 0.6) is 0 Å². The number of nitrogens with one attached hydrogen (secondary N) is 1. The number of benzene rings is 1. The van der Waals surface area contributed by atoms with E-state index in [4.69, 9.17) is 4.98 Å². The lowest BCUT2D eigenvalue weighted by Crippen LogP contribution is -2.08. The second-order valence-electron chi connectivity index (χ2n) is 5.30. The van der Waals surface area contributed by atoms with E-state index >= 15 is 0 Å². The maximum absolute atomic E-state index is 13.1. The van der Waals surface area contributed by atoms with E-state index in [-0.39, 0.29) is 5.82 Å². The van der Waals surface area contributed by atoms with Crippen molar-refractivity contribution in [1.82, 2.24) is 9.97 Å². The highest BCUT2D eigenvalue weighted by atomic mass is 127. The highest BCUT2D eigenvalue weighted by Crippen LogP contribution is 2.42. The molecule has 3 rings (SSSR count). The molecule has 3 nitrogen and oxygen atoms in total. The van der Waals surface area contributed by atoms with E-state index < -0.39 is 0 Å². The summed E-state index contributed by atoms with van der Waals surface area (Å²) in [5, 5.41) is 3.37. The van der Waals surface area contributed by atoms with Gasteiger partial charge in [0.15, 0.2) is 5.82 Å². The summed E-state index contributed by atoms with van der Waals surface area (Å²) in [5.41, 5.74) is 1.98. The van der Waals surface area contributed by atoms with Crippen LogP contribution in [0.2, 0.25) is 0 Å². The van der Waals surface area contributed by atoms with Crippen LogP contribution in [0.25, 0.3) is 11.4 Å². The first kappa shape index (κ1) is 14.7. The van der Waals surface area contributed by atoms with Crippen molar-refractivity contribution in [3.8, 4) is 11.4 Å². The smallest absolute Gasteiger partial charge is 0.161 e. The first-order valence-electron chi connectivity index (χ1n) is 7.26. The summed E-state index contributed by atoms with van der Waals surface area (Å²) >= 11 is 2.33. The van der Waals surface area contributed by atoms with Crippen LogP contribution in [-0.2, 0) is 0 Å². The molecule has 0 atom stereocenters. The van der Waals surface area contributed by atoms with Gasteiger partial charge in [0.25, 0.3) is 0 Å². The van der Waals surface area contributed by atoms with Gasteiger partial charge in [0.1, 0.15) is 11.6 Å². The molecule has 1 heterocycles. The molecule has 0 bridgehead atoms. The molecule has 2 aromatic rings. The van der Waals surface area contributed by atoms with Crippen molar-refractivity contribution in [2.24, 2.45) is 0 Å². The number of nitrogens with zero attached hydrogens (tertiary/aromatic N) is 2. The number of hydrogen-bond acceptors (Lipinski definition) is 3. The third-order valence-electron chi connectivity index (χ3n) is 3.49. The third kappa shape index (κ3) is 3.33. The van der Waals surface area contributed by atoms with Gasteiger partial charge in [-0.25, -0.2) is 14.4 Å². The molecule has 1 aromatic carbocycles. The van der Waals surface area contributed by atoms with Gasteiger partial charge in [0, 0.05) is 18.0 Å². The van der Waals surface area contributed by atoms with Crippen molar-refractivity contribution < 1.29 is 4.39 Å². The average Bonchev–Trinajstić information content (AvgIpc) is 3.32. The van der Waals surface area contributed by atoms with Gasteiger partial charge < -0.3 is 5.32 Å². The Kier molecular flexibility index (Phi) is 4.37. The van der Waals surface area contributed by atoms with Crippen LogP contribution >= 0.6 is 22.6 Å². The largest absolute Gasteiger partial charge is 0.369 e. The molecule has 0 spiro atoms. The van der Waals surface area contributed by atoms with Gasteiger partial charge in [0.05, 0.1) is 9.26 Å². The minimum atomic E-state index is -0.240. The third-order valence-corrected chi connectivity index (χ3v) is 4.55. The minimum absolute atomic E-state index is 0.240. The lowest BCUT2D eigenvalue weighted by molar-refractivity contribution is 0.628. The predicted octanol–water partition coefficient (Wildman–Crippen LogP) is 4.59. The van der Waals surface area contributed by atoms with Gasteiger partial charge in [-0.05, 0) is 66.1 Å². The van der Waals surface area contributed by atoms with Crippen LogP contribution in [-0.4, -0.2) is 16.5 Å². The zero-order chi connectivity index (χ0) is 14.8. The van der Waals surface area contributed by atoms with Gasteiger partial charge >= 0.3 is 0 Å². The Labute approximate surface area is 137 Å². The Morgan fingerprint density at radius 1 is 1.24 bits per heavy atom. The summed E-state index contributed by atoms with van der Waals surface area (Å²) in [6.07, 6.45) is 3.44. The van der Waals surface area contributed by atoms with Crippen molar-refractivity contribution in [3.05, 3.63) is 39.3 Å². The number of aromatic nitrogens is 2. The maximum Gasteiger partial charge on any atom is 0.161 e. The molecule has 0 amide bonds. The van der Waals surface area contributed by atoms with Crippen molar-refractivity contribution in [3.63, 3.8) is 0 Å². The lowest BCUT2D eigenvalue weighted by Gasteiger charge is -2.12. The molecule has 1 N–H and O–H groups in total. The molecular weight excluding hydrogens is 380 g/mol. The first-order valence-corrected chi connectivity index (χ1v) is 8.34. The first-order chi connectivity index (χ1) is 10.2. The van der Waals surface area contributed by atoms with E-state index in [1.165, 1.54) is 25.0 Å². The number of anilines is 1. The van der Waals surface area contributed by atoms with E-state index in [1.54, 1.807) is 12.1 Å². The quantitative estimate of drug-likeness (QED) is 0.751. The molecule has 0 radical (unpaired) electrons. The van der Waals surface area contributed by atoms with Crippen LogP contribution in [0.4, 0.5) is 10.2 Å². The average molecular weight is 397 g/mol. The van der Waals surface area contributed by atoms with Crippen LogP contribution in [0.15, 0.2) is 24.3 Å². The zero-order valence-corrected chi connectivity index (χ0v) is 14.0. The van der Waals surface area contributed by atoms with Crippen LogP contribution in [0, 0.1) is 9.39 Å². The van der Waals surface area contributed by atoms with Gasteiger partial charge in [-0.15, -0.1) is 0 Å². The monoisotopic (exact) mass is 397 g/mol. The summed E-state index contributed by atoms with van der Waals surface area (Å²) in [6, 6.07) is 6.37. The van der Waals surface area contributed by atoms with E-state index in [0.717, 1.165) is 33.6 Å². The highest BCUT2D eigenvalue weighted by Gasteiger charge is 2.29. The topological polar surface area (TPSA) is 37.8 Å². The van der Waals surface area contributed by atoms with Gasteiger partial charge in [-0.3, -0.25) is 0 Å². The number of hydrogen-bond donors (Lipinski definition) is 1. The van der Waals surface area contributed by atoms with Crippen molar-refractivity contribution in [1.29, 1.82) is 0 Å². The lowest BCUT2D eigenvalue weighted by atomic mass is 10.2. The Hall–Kier alpha value is -1.24. The fraction of sp³-hybridized carbons (Fsp3) is 0.375. The second kappa shape index (κ2) is 6.25. The zero-order valence-electron chi connectivity index (χ0n) is 11.9. The predicted molar refractivity (Wildman–Crippen MR) is 90.9 cm³/mol. The molecule has 1 fully saturated rings. The molecule has 0 saturated heterocycles. The minimum Gasteiger partial charge on any atom is -0.369 e. The van der Waals surface area contributed by atoms with Crippen molar-refractivity contribution in [2.75, 3.05) is 11.9 Å². The SMILES string of the molecule is CCCNc1nc(-c2ccc(F)cc2)nc(C2CC2)c1I. The van der Waals surface area contributed by atoms with E-state index in [0.29, 0.717) is 11.7 Å². The molecule has 110 valence electrons. The fourth-order valence-electron chi connectivity index (χ4n) is 2.18. The highest BCUT2D eigenvalue weighted by molar-refractivity contribution is 14.1. The van der Waals surface area contributed by atoms with Gasteiger partial charge in [-0.1, -0.05) is 6.92 Å². The summed E-state index contributed by atoms with van der Waals surface area (Å²) in [6.45, 7) is 3.02. The Balaban J connectivity index is 2.03. The van der Waals surface area contributed by atoms with Crippen LogP contribution in [0.1, 0.15) is 37.8 Å². The summed E-state index contributed by atoms with van der Waals surface area (Å²) in [5.74, 6) is 1.89.